The van der Waals surface area contributed by atoms with Crippen molar-refractivity contribution in [2.24, 2.45) is 4.99 Å². The third-order valence-corrected chi connectivity index (χ3v) is 3.35. The molecular formula is C18H17FN4O. The molecule has 2 aromatic heterocycles. The van der Waals surface area contributed by atoms with E-state index in [0.29, 0.717) is 11.2 Å². The molecule has 0 aliphatic carbocycles. The number of hydrogen-bond acceptors (Lipinski definition) is 3. The van der Waals surface area contributed by atoms with Gasteiger partial charge in [-0.05, 0) is 56.3 Å². The zero-order chi connectivity index (χ0) is 17.1. The summed E-state index contributed by atoms with van der Waals surface area (Å²) in [5.41, 5.74) is 1.55. The molecule has 0 aliphatic heterocycles. The van der Waals surface area contributed by atoms with E-state index in [0.717, 1.165) is 0 Å². The number of aromatic nitrogens is 3. The topological polar surface area (TPSA) is 52.2 Å². The van der Waals surface area contributed by atoms with Crippen LogP contribution in [0.15, 0.2) is 65.9 Å². The Hall–Kier alpha value is -3.02. The number of pyridine rings is 1. The van der Waals surface area contributed by atoms with E-state index in [2.05, 4.69) is 10.1 Å². The Morgan fingerprint density at radius 3 is 2.54 bits per heavy atom. The highest BCUT2D eigenvalue weighted by atomic mass is 19.1. The van der Waals surface area contributed by atoms with Crippen LogP contribution in [0.3, 0.4) is 0 Å². The molecule has 6 heteroatoms. The minimum absolute atomic E-state index is 0.0724. The molecule has 1 aromatic carbocycles. The molecule has 122 valence electrons. The number of benzene rings is 1. The second-order valence-electron chi connectivity index (χ2n) is 5.58. The van der Waals surface area contributed by atoms with Gasteiger partial charge >= 0.3 is 0 Å². The Balaban J connectivity index is 1.97. The van der Waals surface area contributed by atoms with Crippen LogP contribution < -0.4 is 5.49 Å². The summed E-state index contributed by atoms with van der Waals surface area (Å²) in [5, 5.41) is 4.29. The fourth-order valence-corrected chi connectivity index (χ4v) is 2.27. The average Bonchev–Trinajstić information content (AvgIpc) is 3.05. The van der Waals surface area contributed by atoms with E-state index < -0.39 is 0 Å². The van der Waals surface area contributed by atoms with Crippen LogP contribution in [0.4, 0.5) is 4.39 Å². The molecule has 2 heterocycles. The molecule has 3 aromatic rings. The zero-order valence-corrected chi connectivity index (χ0v) is 13.4. The lowest BCUT2D eigenvalue weighted by Crippen LogP contribution is -2.28. The Kier molecular flexibility index (Phi) is 4.37. The van der Waals surface area contributed by atoms with Crippen molar-refractivity contribution >= 4 is 5.91 Å². The van der Waals surface area contributed by atoms with Gasteiger partial charge < -0.3 is 0 Å². The maximum Gasteiger partial charge on any atom is 0.284 e. The van der Waals surface area contributed by atoms with Crippen LogP contribution in [0.1, 0.15) is 24.3 Å². The smallest absolute Gasteiger partial charge is 0.266 e. The lowest BCUT2D eigenvalue weighted by Gasteiger charge is -2.05. The first-order chi connectivity index (χ1) is 11.5. The molecule has 0 amide bonds. The fraction of sp³-hybridized carbons (Fsp3) is 0.167. The molecule has 0 aliphatic rings. The van der Waals surface area contributed by atoms with E-state index >= 15 is 0 Å². The summed E-state index contributed by atoms with van der Waals surface area (Å²) in [6.45, 7) is 3.90. The van der Waals surface area contributed by atoms with E-state index in [1.807, 2.05) is 19.9 Å². The molecule has 3 rings (SSSR count). The van der Waals surface area contributed by atoms with E-state index in [1.54, 1.807) is 42.7 Å². The van der Waals surface area contributed by atoms with Gasteiger partial charge in [0.1, 0.15) is 11.3 Å². The average molecular weight is 324 g/mol. The van der Waals surface area contributed by atoms with Crippen molar-refractivity contribution in [2.75, 3.05) is 0 Å². The van der Waals surface area contributed by atoms with Gasteiger partial charge in [-0.2, -0.15) is 5.10 Å². The molecule has 0 saturated carbocycles. The molecule has 0 saturated heterocycles. The summed E-state index contributed by atoms with van der Waals surface area (Å²) >= 11 is 0. The van der Waals surface area contributed by atoms with Gasteiger partial charge in [0.2, 0.25) is 0 Å². The second-order valence-corrected chi connectivity index (χ2v) is 5.58. The highest BCUT2D eigenvalue weighted by molar-refractivity contribution is 5.93. The standard InChI is InChI=1S/C18H17FN4O/c1-13(2)20-17-5-3-4-11-22(17)18(24)16-10-12-23(21-16)15-8-6-14(19)7-9-15/h3-13H,1-2H3. The summed E-state index contributed by atoms with van der Waals surface area (Å²) in [6, 6.07) is 13.0. The minimum atomic E-state index is -0.318. The van der Waals surface area contributed by atoms with Crippen LogP contribution in [0, 0.1) is 5.82 Å². The van der Waals surface area contributed by atoms with Crippen LogP contribution in [-0.4, -0.2) is 26.3 Å². The van der Waals surface area contributed by atoms with Crippen LogP contribution in [0.25, 0.3) is 5.69 Å². The highest BCUT2D eigenvalue weighted by Gasteiger charge is 2.13. The van der Waals surface area contributed by atoms with E-state index in [9.17, 15) is 9.18 Å². The maximum absolute atomic E-state index is 13.0. The third-order valence-electron chi connectivity index (χ3n) is 3.35. The zero-order valence-electron chi connectivity index (χ0n) is 13.4. The van der Waals surface area contributed by atoms with Crippen molar-refractivity contribution in [3.05, 3.63) is 77.9 Å². The van der Waals surface area contributed by atoms with Gasteiger partial charge in [0.05, 0.1) is 5.69 Å². The first-order valence-corrected chi connectivity index (χ1v) is 7.62. The van der Waals surface area contributed by atoms with Crippen molar-refractivity contribution in [1.29, 1.82) is 0 Å². The van der Waals surface area contributed by atoms with Crippen LogP contribution in [-0.2, 0) is 0 Å². The Bertz CT molecular complexity index is 922. The molecule has 0 N–H and O–H groups in total. The van der Waals surface area contributed by atoms with Gasteiger partial charge in [-0.25, -0.2) is 9.07 Å². The lowest BCUT2D eigenvalue weighted by atomic mass is 10.3. The Labute approximate surface area is 138 Å². The van der Waals surface area contributed by atoms with Crippen molar-refractivity contribution in [1.82, 2.24) is 14.3 Å². The van der Waals surface area contributed by atoms with Crippen LogP contribution >= 0.6 is 0 Å². The first kappa shape index (κ1) is 15.9. The van der Waals surface area contributed by atoms with Gasteiger partial charge in [-0.1, -0.05) is 6.07 Å². The molecule has 0 atom stereocenters. The normalized spacial score (nSPS) is 11.9. The van der Waals surface area contributed by atoms with Gasteiger partial charge in [0.15, 0.2) is 5.69 Å². The van der Waals surface area contributed by atoms with Crippen molar-refractivity contribution in [3.8, 4) is 5.69 Å². The van der Waals surface area contributed by atoms with Crippen molar-refractivity contribution in [2.45, 2.75) is 19.9 Å². The molecular weight excluding hydrogens is 307 g/mol. The lowest BCUT2D eigenvalue weighted by molar-refractivity contribution is 0.0949. The largest absolute Gasteiger partial charge is 0.284 e. The summed E-state index contributed by atoms with van der Waals surface area (Å²) in [7, 11) is 0. The van der Waals surface area contributed by atoms with Crippen LogP contribution in [0.5, 0.6) is 0 Å². The maximum atomic E-state index is 13.0. The molecule has 0 unspecified atom stereocenters. The quantitative estimate of drug-likeness (QED) is 0.744. The number of rotatable bonds is 3. The first-order valence-electron chi connectivity index (χ1n) is 7.62. The predicted octanol–water partition coefficient (Wildman–Crippen LogP) is 2.81. The molecule has 0 spiro atoms. The number of carbonyl (C=O) groups is 1. The van der Waals surface area contributed by atoms with Gasteiger partial charge in [0, 0.05) is 18.4 Å². The number of carbonyl (C=O) groups excluding carboxylic acids is 1. The molecule has 5 nitrogen and oxygen atoms in total. The van der Waals surface area contributed by atoms with E-state index in [4.69, 9.17) is 0 Å². The second kappa shape index (κ2) is 6.62. The van der Waals surface area contributed by atoms with Crippen molar-refractivity contribution in [3.63, 3.8) is 0 Å². The van der Waals surface area contributed by atoms with Gasteiger partial charge in [-0.15, -0.1) is 0 Å². The third kappa shape index (κ3) is 3.32. The number of nitrogens with zero attached hydrogens (tertiary/aromatic N) is 4. The number of hydrogen-bond donors (Lipinski definition) is 0. The van der Waals surface area contributed by atoms with Crippen molar-refractivity contribution < 1.29 is 9.18 Å². The fourth-order valence-electron chi connectivity index (χ4n) is 2.27. The predicted molar refractivity (Wildman–Crippen MR) is 88.4 cm³/mol. The summed E-state index contributed by atoms with van der Waals surface area (Å²) < 4.78 is 16.0. The Morgan fingerprint density at radius 2 is 1.83 bits per heavy atom. The molecule has 24 heavy (non-hydrogen) atoms. The van der Waals surface area contributed by atoms with Gasteiger partial charge in [-0.3, -0.25) is 14.4 Å². The highest BCUT2D eigenvalue weighted by Crippen LogP contribution is 2.09. The minimum Gasteiger partial charge on any atom is -0.266 e. The van der Waals surface area contributed by atoms with Crippen LogP contribution in [0.2, 0.25) is 0 Å². The number of halogens is 1. The summed E-state index contributed by atoms with van der Waals surface area (Å²) in [4.78, 5) is 17.2. The molecule has 0 bridgehead atoms. The van der Waals surface area contributed by atoms with E-state index in [1.165, 1.54) is 21.4 Å². The molecule has 0 fully saturated rings. The monoisotopic (exact) mass is 324 g/mol. The van der Waals surface area contributed by atoms with E-state index in [-0.39, 0.29) is 23.5 Å². The Morgan fingerprint density at radius 1 is 1.08 bits per heavy atom. The SMILES string of the molecule is CC(C)N=c1ccccn1C(=O)c1ccn(-c2ccc(F)cc2)n1. The molecule has 0 radical (unpaired) electrons. The summed E-state index contributed by atoms with van der Waals surface area (Å²) in [5.74, 6) is -0.585. The van der Waals surface area contributed by atoms with Gasteiger partial charge in [0.25, 0.3) is 5.91 Å². The summed E-state index contributed by atoms with van der Waals surface area (Å²) in [6.07, 6.45) is 3.34.